The standard InChI is InChI=1S/C19H25N5O/c1-2-25-17-10-8-16(9-11-17)22-19-23-18(14-21-24-19)20-13-12-15-6-4-3-5-7-15/h6,8-11,14H,2-5,7,12-13H2,1H3,(H2,20,22,23,24). The molecule has 25 heavy (non-hydrogen) atoms. The van der Waals surface area contributed by atoms with Crippen molar-refractivity contribution in [3.8, 4) is 5.75 Å². The smallest absolute Gasteiger partial charge is 0.249 e. The number of rotatable bonds is 8. The summed E-state index contributed by atoms with van der Waals surface area (Å²) >= 11 is 0. The van der Waals surface area contributed by atoms with Crippen molar-refractivity contribution in [1.29, 1.82) is 0 Å². The maximum Gasteiger partial charge on any atom is 0.249 e. The lowest BCUT2D eigenvalue weighted by Crippen LogP contribution is -2.08. The monoisotopic (exact) mass is 339 g/mol. The van der Waals surface area contributed by atoms with Gasteiger partial charge in [-0.3, -0.25) is 0 Å². The first kappa shape index (κ1) is 17.2. The van der Waals surface area contributed by atoms with E-state index in [4.69, 9.17) is 4.74 Å². The maximum absolute atomic E-state index is 5.44. The number of allylic oxidation sites excluding steroid dienone is 1. The highest BCUT2D eigenvalue weighted by molar-refractivity contribution is 5.55. The second-order valence-electron chi connectivity index (χ2n) is 6.03. The number of hydrogen-bond acceptors (Lipinski definition) is 6. The zero-order valence-corrected chi connectivity index (χ0v) is 14.7. The molecule has 1 aliphatic carbocycles. The third-order valence-corrected chi connectivity index (χ3v) is 4.12. The van der Waals surface area contributed by atoms with E-state index in [1.165, 1.54) is 25.7 Å². The summed E-state index contributed by atoms with van der Waals surface area (Å²) in [5.74, 6) is 2.06. The molecule has 0 radical (unpaired) electrons. The van der Waals surface area contributed by atoms with Crippen LogP contribution in [0.25, 0.3) is 0 Å². The molecule has 0 atom stereocenters. The molecule has 0 unspecified atom stereocenters. The Labute approximate surface area is 148 Å². The van der Waals surface area contributed by atoms with Crippen molar-refractivity contribution < 1.29 is 4.74 Å². The van der Waals surface area contributed by atoms with E-state index < -0.39 is 0 Å². The number of hydrogen-bond donors (Lipinski definition) is 2. The van der Waals surface area contributed by atoms with Crippen molar-refractivity contribution >= 4 is 17.5 Å². The summed E-state index contributed by atoms with van der Waals surface area (Å²) < 4.78 is 5.44. The molecule has 0 fully saturated rings. The van der Waals surface area contributed by atoms with Gasteiger partial charge in [0.05, 0.1) is 12.8 Å². The number of nitrogens with zero attached hydrogens (tertiary/aromatic N) is 3. The lowest BCUT2D eigenvalue weighted by molar-refractivity contribution is 0.340. The molecule has 1 heterocycles. The Morgan fingerprint density at radius 1 is 1.16 bits per heavy atom. The van der Waals surface area contributed by atoms with Gasteiger partial charge in [0.1, 0.15) is 5.75 Å². The number of anilines is 3. The lowest BCUT2D eigenvalue weighted by Gasteiger charge is -2.13. The van der Waals surface area contributed by atoms with Crippen molar-refractivity contribution in [1.82, 2.24) is 15.2 Å². The summed E-state index contributed by atoms with van der Waals surface area (Å²) in [6.45, 7) is 3.49. The molecule has 3 rings (SSSR count). The first-order valence-corrected chi connectivity index (χ1v) is 8.95. The van der Waals surface area contributed by atoms with Gasteiger partial charge < -0.3 is 15.4 Å². The molecule has 1 aromatic heterocycles. The molecular weight excluding hydrogens is 314 g/mol. The SMILES string of the molecule is CCOc1ccc(Nc2nncc(NCCC3=CCCCC3)n2)cc1. The number of aromatic nitrogens is 3. The zero-order valence-electron chi connectivity index (χ0n) is 14.7. The quantitative estimate of drug-likeness (QED) is 0.698. The third kappa shape index (κ3) is 5.45. The number of benzene rings is 1. The summed E-state index contributed by atoms with van der Waals surface area (Å²) in [7, 11) is 0. The lowest BCUT2D eigenvalue weighted by atomic mass is 9.97. The Kier molecular flexibility index (Phi) is 6.20. The molecule has 0 saturated carbocycles. The average molecular weight is 339 g/mol. The maximum atomic E-state index is 5.44. The van der Waals surface area contributed by atoms with Gasteiger partial charge in [-0.1, -0.05) is 11.6 Å². The van der Waals surface area contributed by atoms with E-state index in [0.717, 1.165) is 30.2 Å². The molecule has 1 aromatic carbocycles. The van der Waals surface area contributed by atoms with Crippen LogP contribution in [-0.4, -0.2) is 28.3 Å². The minimum Gasteiger partial charge on any atom is -0.494 e. The molecule has 132 valence electrons. The topological polar surface area (TPSA) is 72.0 Å². The molecule has 0 amide bonds. The number of ether oxygens (including phenoxy) is 1. The summed E-state index contributed by atoms with van der Waals surface area (Å²) in [5, 5.41) is 14.5. The van der Waals surface area contributed by atoms with Crippen molar-refractivity contribution in [3.63, 3.8) is 0 Å². The van der Waals surface area contributed by atoms with Crippen LogP contribution >= 0.6 is 0 Å². The zero-order chi connectivity index (χ0) is 17.3. The first-order chi connectivity index (χ1) is 12.3. The van der Waals surface area contributed by atoms with E-state index in [9.17, 15) is 0 Å². The van der Waals surface area contributed by atoms with Crippen LogP contribution in [-0.2, 0) is 0 Å². The molecule has 2 aromatic rings. The highest BCUT2D eigenvalue weighted by atomic mass is 16.5. The fraction of sp³-hybridized carbons (Fsp3) is 0.421. The van der Waals surface area contributed by atoms with E-state index in [0.29, 0.717) is 12.6 Å². The molecule has 6 nitrogen and oxygen atoms in total. The Morgan fingerprint density at radius 2 is 2.04 bits per heavy atom. The summed E-state index contributed by atoms with van der Waals surface area (Å²) in [5.41, 5.74) is 2.45. The van der Waals surface area contributed by atoms with Crippen molar-refractivity contribution in [2.45, 2.75) is 39.0 Å². The van der Waals surface area contributed by atoms with E-state index in [1.54, 1.807) is 11.8 Å². The minimum atomic E-state index is 0.478. The second-order valence-corrected chi connectivity index (χ2v) is 6.03. The Hall–Kier alpha value is -2.63. The fourth-order valence-corrected chi connectivity index (χ4v) is 2.85. The van der Waals surface area contributed by atoms with Gasteiger partial charge in [0.15, 0.2) is 5.82 Å². The van der Waals surface area contributed by atoms with Gasteiger partial charge in [0.2, 0.25) is 5.95 Å². The minimum absolute atomic E-state index is 0.478. The van der Waals surface area contributed by atoms with Gasteiger partial charge >= 0.3 is 0 Å². The van der Waals surface area contributed by atoms with E-state index in [2.05, 4.69) is 31.9 Å². The van der Waals surface area contributed by atoms with E-state index in [1.807, 2.05) is 31.2 Å². The highest BCUT2D eigenvalue weighted by Gasteiger charge is 2.05. The normalized spacial score (nSPS) is 13.9. The highest BCUT2D eigenvalue weighted by Crippen LogP contribution is 2.20. The predicted molar refractivity (Wildman–Crippen MR) is 100 cm³/mol. The van der Waals surface area contributed by atoms with Crippen LogP contribution in [0.4, 0.5) is 17.5 Å². The summed E-state index contributed by atoms with van der Waals surface area (Å²) in [4.78, 5) is 4.46. The average Bonchev–Trinajstić information content (AvgIpc) is 2.65. The summed E-state index contributed by atoms with van der Waals surface area (Å²) in [6.07, 6.45) is 10.2. The van der Waals surface area contributed by atoms with Crippen LogP contribution in [0.2, 0.25) is 0 Å². The van der Waals surface area contributed by atoms with Crippen LogP contribution in [0.15, 0.2) is 42.1 Å². The molecule has 6 heteroatoms. The Morgan fingerprint density at radius 3 is 2.80 bits per heavy atom. The van der Waals surface area contributed by atoms with Gasteiger partial charge in [0.25, 0.3) is 0 Å². The molecule has 0 saturated heterocycles. The second kappa shape index (κ2) is 9.01. The van der Waals surface area contributed by atoms with Gasteiger partial charge in [-0.25, -0.2) is 0 Å². The third-order valence-electron chi connectivity index (χ3n) is 4.12. The van der Waals surface area contributed by atoms with Crippen molar-refractivity contribution in [2.75, 3.05) is 23.8 Å². The predicted octanol–water partition coefficient (Wildman–Crippen LogP) is 4.32. The molecular formula is C19H25N5O. The number of nitrogens with one attached hydrogen (secondary N) is 2. The van der Waals surface area contributed by atoms with Gasteiger partial charge in [-0.2, -0.15) is 10.1 Å². The molecule has 0 bridgehead atoms. The van der Waals surface area contributed by atoms with E-state index in [-0.39, 0.29) is 0 Å². The van der Waals surface area contributed by atoms with Gasteiger partial charge in [-0.15, -0.1) is 5.10 Å². The first-order valence-electron chi connectivity index (χ1n) is 8.95. The van der Waals surface area contributed by atoms with Crippen LogP contribution in [0.5, 0.6) is 5.75 Å². The molecule has 0 aliphatic heterocycles. The van der Waals surface area contributed by atoms with Crippen LogP contribution < -0.4 is 15.4 Å². The summed E-state index contributed by atoms with van der Waals surface area (Å²) in [6, 6.07) is 7.70. The fourth-order valence-electron chi connectivity index (χ4n) is 2.85. The Balaban J connectivity index is 1.52. The van der Waals surface area contributed by atoms with Crippen LogP contribution in [0.1, 0.15) is 39.0 Å². The van der Waals surface area contributed by atoms with Crippen LogP contribution in [0.3, 0.4) is 0 Å². The van der Waals surface area contributed by atoms with Crippen molar-refractivity contribution in [2.24, 2.45) is 0 Å². The van der Waals surface area contributed by atoms with Gasteiger partial charge in [-0.05, 0) is 63.3 Å². The molecule has 2 N–H and O–H groups in total. The van der Waals surface area contributed by atoms with Crippen molar-refractivity contribution in [3.05, 3.63) is 42.1 Å². The van der Waals surface area contributed by atoms with Crippen LogP contribution in [0, 0.1) is 0 Å². The van der Waals surface area contributed by atoms with Gasteiger partial charge in [0, 0.05) is 12.2 Å². The van der Waals surface area contributed by atoms with E-state index >= 15 is 0 Å². The Bertz CT molecular complexity index is 699. The molecule has 1 aliphatic rings. The largest absolute Gasteiger partial charge is 0.494 e. The molecule has 0 spiro atoms.